The Morgan fingerprint density at radius 1 is 1.12 bits per heavy atom. The van der Waals surface area contributed by atoms with E-state index in [1.807, 2.05) is 13.8 Å². The van der Waals surface area contributed by atoms with Crippen LogP contribution in [-0.2, 0) is 6.54 Å². The highest BCUT2D eigenvalue weighted by molar-refractivity contribution is 5.32. The van der Waals surface area contributed by atoms with Crippen LogP contribution in [0.15, 0.2) is 18.2 Å². The van der Waals surface area contributed by atoms with Crippen LogP contribution in [0.4, 0.5) is 0 Å². The molecule has 0 atom stereocenters. The van der Waals surface area contributed by atoms with E-state index >= 15 is 0 Å². The van der Waals surface area contributed by atoms with Crippen LogP contribution in [0.3, 0.4) is 0 Å². The molecule has 0 aliphatic carbocycles. The molecule has 0 aliphatic rings. The summed E-state index contributed by atoms with van der Waals surface area (Å²) >= 11 is 0. The molecule has 0 saturated heterocycles. The quantitative estimate of drug-likeness (QED) is 0.739. The molecule has 1 heteroatoms. The molecule has 0 radical (unpaired) electrons. The highest BCUT2D eigenvalue weighted by Gasteiger charge is 2.04. The first-order valence-electron chi connectivity index (χ1n) is 6.25. The molecule has 1 aromatic rings. The number of aryl methyl sites for hydroxylation is 1. The van der Waals surface area contributed by atoms with Crippen LogP contribution < -0.4 is 0 Å². The van der Waals surface area contributed by atoms with E-state index in [4.69, 9.17) is 0 Å². The molecule has 0 spiro atoms. The van der Waals surface area contributed by atoms with Crippen molar-refractivity contribution in [1.29, 1.82) is 0 Å². The summed E-state index contributed by atoms with van der Waals surface area (Å²) < 4.78 is 0. The monoisotopic (exact) mass is 221 g/mol. The van der Waals surface area contributed by atoms with Crippen molar-refractivity contribution in [2.24, 2.45) is 0 Å². The van der Waals surface area contributed by atoms with Gasteiger partial charge in [-0.05, 0) is 43.6 Å². The van der Waals surface area contributed by atoms with Crippen LogP contribution in [0.5, 0.6) is 0 Å². The summed E-state index contributed by atoms with van der Waals surface area (Å²) in [6.07, 6.45) is 0. The summed E-state index contributed by atoms with van der Waals surface area (Å²) in [6.45, 7) is 11.7. The molecule has 1 nitrogen and oxygen atoms in total. The van der Waals surface area contributed by atoms with Crippen LogP contribution in [-0.4, -0.2) is 19.0 Å². The van der Waals surface area contributed by atoms with E-state index in [1.54, 1.807) is 0 Å². The number of hydrogen-bond acceptors (Lipinski definition) is 1. The summed E-state index contributed by atoms with van der Waals surface area (Å²) in [4.78, 5) is 2.21. The second-order valence-electron chi connectivity index (χ2n) is 4.58. The lowest BCUT2D eigenvalue weighted by atomic mass is 9.98. The van der Waals surface area contributed by atoms with E-state index in [2.05, 4.69) is 58.0 Å². The van der Waals surface area contributed by atoms with Gasteiger partial charge in [0, 0.05) is 6.54 Å². The van der Waals surface area contributed by atoms with Crippen molar-refractivity contribution in [2.45, 2.75) is 47.1 Å². The van der Waals surface area contributed by atoms with Gasteiger partial charge in [0.25, 0.3) is 0 Å². The van der Waals surface area contributed by atoms with Crippen molar-refractivity contribution in [3.63, 3.8) is 0 Å². The van der Waals surface area contributed by atoms with Gasteiger partial charge >= 0.3 is 0 Å². The Morgan fingerprint density at radius 2 is 1.69 bits per heavy atom. The van der Waals surface area contributed by atoms with E-state index in [9.17, 15) is 0 Å². The Bertz CT molecular complexity index is 300. The molecule has 0 amide bonds. The Hall–Kier alpha value is -0.820. The van der Waals surface area contributed by atoms with Gasteiger partial charge in [-0.1, -0.05) is 45.9 Å². The Balaban J connectivity index is 0.00000106. The lowest BCUT2D eigenvalue weighted by Crippen LogP contribution is -2.12. The van der Waals surface area contributed by atoms with Gasteiger partial charge in [0.05, 0.1) is 0 Å². The maximum Gasteiger partial charge on any atom is 0.0230 e. The summed E-state index contributed by atoms with van der Waals surface area (Å²) in [7, 11) is 4.23. The highest BCUT2D eigenvalue weighted by atomic mass is 15.0. The van der Waals surface area contributed by atoms with Crippen molar-refractivity contribution in [1.82, 2.24) is 4.90 Å². The maximum absolute atomic E-state index is 2.33. The van der Waals surface area contributed by atoms with Crippen molar-refractivity contribution in [2.75, 3.05) is 14.1 Å². The van der Waals surface area contributed by atoms with Gasteiger partial charge in [-0.2, -0.15) is 0 Å². The van der Waals surface area contributed by atoms with Gasteiger partial charge < -0.3 is 4.90 Å². The van der Waals surface area contributed by atoms with E-state index < -0.39 is 0 Å². The van der Waals surface area contributed by atoms with Crippen LogP contribution in [0, 0.1) is 6.92 Å². The molecule has 0 bridgehead atoms. The Labute approximate surface area is 101 Å². The van der Waals surface area contributed by atoms with Crippen molar-refractivity contribution in [3.8, 4) is 0 Å². The Morgan fingerprint density at radius 3 is 2.12 bits per heavy atom. The summed E-state index contributed by atoms with van der Waals surface area (Å²) in [5, 5.41) is 0. The standard InChI is InChI=1S/C13H21N.C2H6/c1-10(2)12-7-6-11(3)13(8-12)9-14(4)5;1-2/h6-8,10H,9H2,1-5H3;1-2H3. The van der Waals surface area contributed by atoms with E-state index in [0.29, 0.717) is 5.92 Å². The molecule has 0 unspecified atom stereocenters. The lowest BCUT2D eigenvalue weighted by Gasteiger charge is -2.15. The molecule has 0 saturated carbocycles. The van der Waals surface area contributed by atoms with E-state index in [-0.39, 0.29) is 0 Å². The molecule has 1 rings (SSSR count). The number of nitrogens with zero attached hydrogens (tertiary/aromatic N) is 1. The lowest BCUT2D eigenvalue weighted by molar-refractivity contribution is 0.401. The number of rotatable bonds is 3. The van der Waals surface area contributed by atoms with Crippen LogP contribution in [0.2, 0.25) is 0 Å². The van der Waals surface area contributed by atoms with Crippen molar-refractivity contribution in [3.05, 3.63) is 34.9 Å². The predicted molar refractivity (Wildman–Crippen MR) is 74.0 cm³/mol. The molecular formula is C15H27N. The van der Waals surface area contributed by atoms with Crippen molar-refractivity contribution < 1.29 is 0 Å². The average molecular weight is 221 g/mol. The third kappa shape index (κ3) is 4.80. The fourth-order valence-electron chi connectivity index (χ4n) is 1.56. The smallest absolute Gasteiger partial charge is 0.0230 e. The first-order chi connectivity index (χ1) is 7.50. The van der Waals surface area contributed by atoms with Gasteiger partial charge in [0.1, 0.15) is 0 Å². The summed E-state index contributed by atoms with van der Waals surface area (Å²) in [6, 6.07) is 6.80. The van der Waals surface area contributed by atoms with Crippen molar-refractivity contribution >= 4 is 0 Å². The number of benzene rings is 1. The molecule has 1 aromatic carbocycles. The van der Waals surface area contributed by atoms with E-state index in [1.165, 1.54) is 16.7 Å². The van der Waals surface area contributed by atoms with Crippen LogP contribution >= 0.6 is 0 Å². The predicted octanol–water partition coefficient (Wildman–Crippen LogP) is 4.21. The van der Waals surface area contributed by atoms with Crippen LogP contribution in [0.1, 0.15) is 50.3 Å². The minimum absolute atomic E-state index is 0.622. The van der Waals surface area contributed by atoms with Gasteiger partial charge in [0.15, 0.2) is 0 Å². The summed E-state index contributed by atoms with van der Waals surface area (Å²) in [5.74, 6) is 0.622. The molecular weight excluding hydrogens is 194 g/mol. The molecule has 92 valence electrons. The molecule has 0 heterocycles. The zero-order valence-electron chi connectivity index (χ0n) is 12.0. The van der Waals surface area contributed by atoms with Crippen LogP contribution in [0.25, 0.3) is 0 Å². The fourth-order valence-corrected chi connectivity index (χ4v) is 1.56. The third-order valence-corrected chi connectivity index (χ3v) is 2.53. The molecule has 0 aliphatic heterocycles. The topological polar surface area (TPSA) is 3.24 Å². The first kappa shape index (κ1) is 15.2. The second-order valence-corrected chi connectivity index (χ2v) is 4.58. The second kappa shape index (κ2) is 7.45. The van der Waals surface area contributed by atoms with Gasteiger partial charge in [-0.25, -0.2) is 0 Å². The van der Waals surface area contributed by atoms with E-state index in [0.717, 1.165) is 6.54 Å². The Kier molecular flexibility index (Phi) is 7.07. The summed E-state index contributed by atoms with van der Waals surface area (Å²) in [5.41, 5.74) is 4.27. The minimum atomic E-state index is 0.622. The maximum atomic E-state index is 2.33. The zero-order valence-corrected chi connectivity index (χ0v) is 12.0. The normalized spacial score (nSPS) is 10.3. The SMILES string of the molecule is CC.Cc1ccc(C(C)C)cc1CN(C)C. The molecule has 0 aromatic heterocycles. The highest BCUT2D eigenvalue weighted by Crippen LogP contribution is 2.19. The van der Waals surface area contributed by atoms with Gasteiger partial charge in [-0.3, -0.25) is 0 Å². The zero-order chi connectivity index (χ0) is 12.7. The van der Waals surface area contributed by atoms with Gasteiger partial charge in [-0.15, -0.1) is 0 Å². The third-order valence-electron chi connectivity index (χ3n) is 2.53. The van der Waals surface area contributed by atoms with Gasteiger partial charge in [0.2, 0.25) is 0 Å². The number of hydrogen-bond donors (Lipinski definition) is 0. The molecule has 0 fully saturated rings. The average Bonchev–Trinajstić information content (AvgIpc) is 2.23. The molecule has 0 N–H and O–H groups in total. The largest absolute Gasteiger partial charge is 0.305 e. The minimum Gasteiger partial charge on any atom is -0.305 e. The molecule has 16 heavy (non-hydrogen) atoms. The first-order valence-corrected chi connectivity index (χ1v) is 6.25. The fraction of sp³-hybridized carbons (Fsp3) is 0.600.